The van der Waals surface area contributed by atoms with E-state index in [2.05, 4.69) is 15.1 Å². The van der Waals surface area contributed by atoms with Crippen molar-refractivity contribution < 1.29 is 14.1 Å². The van der Waals surface area contributed by atoms with Gasteiger partial charge < -0.3 is 19.9 Å². The van der Waals surface area contributed by atoms with Crippen LogP contribution in [0, 0.1) is 0 Å². The molecule has 0 radical (unpaired) electrons. The minimum absolute atomic E-state index is 0.0164. The number of ether oxygens (including phenoxy) is 1. The van der Waals surface area contributed by atoms with E-state index in [0.29, 0.717) is 11.6 Å². The maximum Gasteiger partial charge on any atom is 0.330 e. The van der Waals surface area contributed by atoms with E-state index in [0.717, 1.165) is 16.0 Å². The summed E-state index contributed by atoms with van der Waals surface area (Å²) >= 11 is 0. The molecule has 11 nitrogen and oxygen atoms in total. The van der Waals surface area contributed by atoms with Gasteiger partial charge in [0.2, 0.25) is 17.6 Å². The van der Waals surface area contributed by atoms with Crippen molar-refractivity contribution in [2.45, 2.75) is 19.4 Å². The number of carbonyl (C=O) groups is 1. The molecular weight excluding hydrogens is 452 g/mol. The molecule has 0 saturated heterocycles. The van der Waals surface area contributed by atoms with Crippen LogP contribution in [-0.2, 0) is 17.8 Å². The SMILES string of the molecule is COc1ccc(-c2noc(CCC(=O)N(C)c3c(N)n(Cc4ccccc4)c(=O)[nH]c3=O)n2)cc1. The van der Waals surface area contributed by atoms with E-state index in [1.807, 2.05) is 30.3 Å². The predicted octanol–water partition coefficient (Wildman–Crippen LogP) is 1.82. The number of amides is 1. The molecule has 0 aliphatic rings. The topological polar surface area (TPSA) is 149 Å². The number of methoxy groups -OCH3 is 1. The van der Waals surface area contributed by atoms with Crippen LogP contribution in [-0.4, -0.2) is 39.8 Å². The third-order valence-corrected chi connectivity index (χ3v) is 5.48. The number of carbonyl (C=O) groups excluding carboxylic acids is 1. The van der Waals surface area contributed by atoms with Crippen LogP contribution >= 0.6 is 0 Å². The van der Waals surface area contributed by atoms with Gasteiger partial charge in [0.05, 0.1) is 13.7 Å². The largest absolute Gasteiger partial charge is 0.497 e. The molecule has 0 unspecified atom stereocenters. The number of aromatic nitrogens is 4. The average molecular weight is 476 g/mol. The first-order valence-electron chi connectivity index (χ1n) is 10.8. The summed E-state index contributed by atoms with van der Waals surface area (Å²) in [4.78, 5) is 45.4. The number of nitrogen functional groups attached to an aromatic ring is 1. The number of benzene rings is 2. The fourth-order valence-corrected chi connectivity index (χ4v) is 3.54. The molecule has 2 heterocycles. The number of H-pyrrole nitrogens is 1. The van der Waals surface area contributed by atoms with Crippen LogP contribution in [0.25, 0.3) is 11.4 Å². The smallest absolute Gasteiger partial charge is 0.330 e. The van der Waals surface area contributed by atoms with Gasteiger partial charge in [-0.25, -0.2) is 4.79 Å². The van der Waals surface area contributed by atoms with Crippen molar-refractivity contribution in [2.24, 2.45) is 0 Å². The highest BCUT2D eigenvalue weighted by atomic mass is 16.5. The molecule has 0 atom stereocenters. The Morgan fingerprint density at radius 3 is 2.54 bits per heavy atom. The molecule has 0 saturated carbocycles. The van der Waals surface area contributed by atoms with Gasteiger partial charge in [0.25, 0.3) is 5.56 Å². The van der Waals surface area contributed by atoms with Crippen LogP contribution < -0.4 is 26.6 Å². The predicted molar refractivity (Wildman–Crippen MR) is 129 cm³/mol. The van der Waals surface area contributed by atoms with E-state index in [-0.39, 0.29) is 36.8 Å². The second-order valence-electron chi connectivity index (χ2n) is 7.76. The Kier molecular flexibility index (Phi) is 6.76. The molecule has 35 heavy (non-hydrogen) atoms. The lowest BCUT2D eigenvalue weighted by atomic mass is 10.2. The van der Waals surface area contributed by atoms with E-state index < -0.39 is 17.2 Å². The third kappa shape index (κ3) is 5.13. The highest BCUT2D eigenvalue weighted by Crippen LogP contribution is 2.21. The van der Waals surface area contributed by atoms with Gasteiger partial charge in [0.15, 0.2) is 5.69 Å². The van der Waals surface area contributed by atoms with Gasteiger partial charge in [-0.1, -0.05) is 35.5 Å². The monoisotopic (exact) mass is 476 g/mol. The lowest BCUT2D eigenvalue weighted by molar-refractivity contribution is -0.118. The average Bonchev–Trinajstić information content (AvgIpc) is 3.34. The van der Waals surface area contributed by atoms with Gasteiger partial charge in [-0.2, -0.15) is 4.98 Å². The second kappa shape index (κ2) is 10.1. The number of rotatable bonds is 8. The molecular formula is C24H24N6O5. The van der Waals surface area contributed by atoms with Crippen molar-refractivity contribution in [3.8, 4) is 17.1 Å². The van der Waals surface area contributed by atoms with Gasteiger partial charge in [0, 0.05) is 25.5 Å². The Morgan fingerprint density at radius 1 is 1.14 bits per heavy atom. The van der Waals surface area contributed by atoms with Crippen LogP contribution in [0.1, 0.15) is 17.9 Å². The molecule has 11 heteroatoms. The molecule has 0 spiro atoms. The summed E-state index contributed by atoms with van der Waals surface area (Å²) in [5.41, 5.74) is 6.22. The zero-order valence-electron chi connectivity index (χ0n) is 19.2. The van der Waals surface area contributed by atoms with Crippen molar-refractivity contribution in [1.82, 2.24) is 19.7 Å². The van der Waals surface area contributed by atoms with E-state index in [4.69, 9.17) is 15.0 Å². The summed E-state index contributed by atoms with van der Waals surface area (Å²) in [5, 5.41) is 3.95. The Bertz CT molecular complexity index is 1440. The zero-order chi connectivity index (χ0) is 24.9. The first-order chi connectivity index (χ1) is 16.9. The first kappa shape index (κ1) is 23.5. The summed E-state index contributed by atoms with van der Waals surface area (Å²) in [7, 11) is 3.01. The Balaban J connectivity index is 1.48. The van der Waals surface area contributed by atoms with E-state index in [1.165, 1.54) is 11.6 Å². The number of aromatic amines is 1. The van der Waals surface area contributed by atoms with Gasteiger partial charge in [-0.15, -0.1) is 0 Å². The normalized spacial score (nSPS) is 10.8. The van der Waals surface area contributed by atoms with E-state index in [1.54, 1.807) is 31.4 Å². The molecule has 2 aromatic heterocycles. The molecule has 2 aromatic carbocycles. The molecule has 0 aliphatic carbocycles. The van der Waals surface area contributed by atoms with Crippen LogP contribution in [0.2, 0.25) is 0 Å². The van der Waals surface area contributed by atoms with Crippen LogP contribution in [0.4, 0.5) is 11.5 Å². The second-order valence-corrected chi connectivity index (χ2v) is 7.76. The fraction of sp³-hybridized carbons (Fsp3) is 0.208. The number of nitrogens with zero attached hydrogens (tertiary/aromatic N) is 4. The van der Waals surface area contributed by atoms with Crippen LogP contribution in [0.5, 0.6) is 5.75 Å². The number of aryl methyl sites for hydroxylation is 1. The first-order valence-corrected chi connectivity index (χ1v) is 10.8. The number of anilines is 2. The summed E-state index contributed by atoms with van der Waals surface area (Å²) < 4.78 is 11.6. The molecule has 4 rings (SSSR count). The molecule has 1 amide bonds. The fourth-order valence-electron chi connectivity index (χ4n) is 3.54. The Morgan fingerprint density at radius 2 is 1.86 bits per heavy atom. The number of hydrogen-bond donors (Lipinski definition) is 2. The lowest BCUT2D eigenvalue weighted by Gasteiger charge is -2.20. The van der Waals surface area contributed by atoms with Crippen LogP contribution in [0.3, 0.4) is 0 Å². The summed E-state index contributed by atoms with van der Waals surface area (Å²) in [6.45, 7) is 0.146. The lowest BCUT2D eigenvalue weighted by Crippen LogP contribution is -2.39. The van der Waals surface area contributed by atoms with E-state index in [9.17, 15) is 14.4 Å². The van der Waals surface area contributed by atoms with Crippen molar-refractivity contribution >= 4 is 17.4 Å². The van der Waals surface area contributed by atoms with Gasteiger partial charge in [-0.3, -0.25) is 19.1 Å². The zero-order valence-corrected chi connectivity index (χ0v) is 19.2. The van der Waals surface area contributed by atoms with Crippen molar-refractivity contribution in [3.05, 3.63) is 86.9 Å². The Hall–Kier alpha value is -4.67. The molecule has 0 aliphatic heterocycles. The maximum atomic E-state index is 12.8. The maximum absolute atomic E-state index is 12.8. The van der Waals surface area contributed by atoms with Crippen molar-refractivity contribution in [2.75, 3.05) is 24.8 Å². The third-order valence-electron chi connectivity index (χ3n) is 5.48. The number of nitrogens with one attached hydrogen (secondary N) is 1. The van der Waals surface area contributed by atoms with Gasteiger partial charge >= 0.3 is 5.69 Å². The molecule has 4 aromatic rings. The van der Waals surface area contributed by atoms with E-state index >= 15 is 0 Å². The van der Waals surface area contributed by atoms with Crippen molar-refractivity contribution in [1.29, 1.82) is 0 Å². The molecule has 0 fully saturated rings. The highest BCUT2D eigenvalue weighted by Gasteiger charge is 2.22. The quantitative estimate of drug-likeness (QED) is 0.391. The number of hydrogen-bond acceptors (Lipinski definition) is 8. The minimum Gasteiger partial charge on any atom is -0.497 e. The standard InChI is InChI=1S/C24H24N6O5/c1-29(20-21(25)30(24(33)27-23(20)32)14-15-6-4-3-5-7-15)19(31)13-12-18-26-22(28-35-18)16-8-10-17(34-2)11-9-16/h3-11H,12-14,25H2,1-2H3,(H,27,32,33). The summed E-state index contributed by atoms with van der Waals surface area (Å²) in [5.74, 6) is 0.857. The molecule has 3 N–H and O–H groups in total. The van der Waals surface area contributed by atoms with Gasteiger partial charge in [0.1, 0.15) is 11.6 Å². The minimum atomic E-state index is -0.743. The number of nitrogens with two attached hydrogens (primary N) is 1. The summed E-state index contributed by atoms with van der Waals surface area (Å²) in [6, 6.07) is 16.3. The Labute approximate surface area is 199 Å². The highest BCUT2D eigenvalue weighted by molar-refractivity contribution is 5.95. The van der Waals surface area contributed by atoms with Gasteiger partial charge in [-0.05, 0) is 29.8 Å². The van der Waals surface area contributed by atoms with Crippen LogP contribution in [0.15, 0.2) is 68.7 Å². The van der Waals surface area contributed by atoms with Crippen molar-refractivity contribution in [3.63, 3.8) is 0 Å². The summed E-state index contributed by atoms with van der Waals surface area (Å²) in [6.07, 6.45) is 0.144. The molecule has 0 bridgehead atoms. The molecule has 180 valence electrons.